The molecule has 1 aromatic heterocycles. The van der Waals surface area contributed by atoms with Gasteiger partial charge < -0.3 is 20.9 Å². The van der Waals surface area contributed by atoms with E-state index in [1.807, 2.05) is 0 Å². The molecule has 0 aromatic carbocycles. The Balaban J connectivity index is 0.00000324. The fourth-order valence-electron chi connectivity index (χ4n) is 1.17. The number of nitrogens with zero attached hydrogens (tertiary/aromatic N) is 4. The first-order chi connectivity index (χ1) is 8.65. The van der Waals surface area contributed by atoms with Crippen LogP contribution in [-0.2, 0) is 42.3 Å². The van der Waals surface area contributed by atoms with Crippen LogP contribution in [0.1, 0.15) is 12.6 Å². The van der Waals surface area contributed by atoms with Gasteiger partial charge in [0.15, 0.2) is 5.69 Å². The molecule has 1 radical (unpaired) electrons. The standard InChI is InChI=1S/C10H13N4O4.Y/c1-5-13-18-9-8(7(2)11-6-12-9)14(17-4)10(15)16-3;/h6H,1-4H3;/q-1;. The number of rotatable bonds is 4. The van der Waals surface area contributed by atoms with Crippen molar-refractivity contribution in [1.29, 1.82) is 0 Å². The molecule has 0 atom stereocenters. The van der Waals surface area contributed by atoms with Gasteiger partial charge >= 0.3 is 6.09 Å². The summed E-state index contributed by atoms with van der Waals surface area (Å²) < 4.78 is 4.58. The molecule has 0 aliphatic rings. The maximum Gasteiger partial charge on any atom is 0.438 e. The van der Waals surface area contributed by atoms with Gasteiger partial charge in [-0.05, 0) is 6.92 Å². The van der Waals surface area contributed by atoms with E-state index in [1.165, 1.54) is 20.5 Å². The summed E-state index contributed by atoms with van der Waals surface area (Å²) >= 11 is 0. The van der Waals surface area contributed by atoms with E-state index < -0.39 is 6.09 Å². The molecule has 0 fully saturated rings. The Kier molecular flexibility index (Phi) is 8.37. The van der Waals surface area contributed by atoms with Gasteiger partial charge in [0.2, 0.25) is 0 Å². The van der Waals surface area contributed by atoms with E-state index in [1.54, 1.807) is 13.8 Å². The van der Waals surface area contributed by atoms with Crippen LogP contribution in [0, 0.1) is 6.92 Å². The number of ether oxygens (including phenoxy) is 1. The van der Waals surface area contributed by atoms with Crippen LogP contribution in [0.4, 0.5) is 10.5 Å². The van der Waals surface area contributed by atoms with Crippen LogP contribution in [-0.4, -0.2) is 36.5 Å². The zero-order chi connectivity index (χ0) is 13.5. The molecule has 1 amide bonds. The van der Waals surface area contributed by atoms with E-state index >= 15 is 0 Å². The Labute approximate surface area is 136 Å². The van der Waals surface area contributed by atoms with Gasteiger partial charge in [-0.3, -0.25) is 4.84 Å². The molecule has 0 aliphatic carbocycles. The molecule has 19 heavy (non-hydrogen) atoms. The molecule has 0 unspecified atom stereocenters. The van der Waals surface area contributed by atoms with Gasteiger partial charge in [-0.25, -0.2) is 9.78 Å². The molecule has 0 saturated carbocycles. The van der Waals surface area contributed by atoms with Crippen molar-refractivity contribution in [2.75, 3.05) is 19.3 Å². The molecule has 1 aromatic rings. The summed E-state index contributed by atoms with van der Waals surface area (Å²) in [5.74, 6) is 0.0594. The average molecular weight is 342 g/mol. The maximum absolute atomic E-state index is 11.5. The number of carbonyl (C=O) groups is 1. The summed E-state index contributed by atoms with van der Waals surface area (Å²) in [4.78, 5) is 29.3. The average Bonchev–Trinajstić information content (AvgIpc) is 2.39. The van der Waals surface area contributed by atoms with Crippen LogP contribution in [0.2, 0.25) is 0 Å². The van der Waals surface area contributed by atoms with E-state index in [0.29, 0.717) is 5.69 Å². The first-order valence-electron chi connectivity index (χ1n) is 4.93. The minimum atomic E-state index is -0.732. The van der Waals surface area contributed by atoms with Gasteiger partial charge in [0.05, 0.1) is 19.9 Å². The predicted octanol–water partition coefficient (Wildman–Crippen LogP) is 1.18. The van der Waals surface area contributed by atoms with Crippen molar-refractivity contribution in [3.63, 3.8) is 0 Å². The number of carbonyl (C=O) groups excluding carboxylic acids is 1. The van der Waals surface area contributed by atoms with E-state index in [-0.39, 0.29) is 44.3 Å². The molecule has 0 aliphatic heterocycles. The number of hydrogen-bond donors (Lipinski definition) is 0. The Morgan fingerprint density at radius 2 is 2.11 bits per heavy atom. The summed E-state index contributed by atoms with van der Waals surface area (Å²) in [5.41, 5.74) is 0.685. The molecule has 8 nitrogen and oxygen atoms in total. The summed E-state index contributed by atoms with van der Waals surface area (Å²) in [7, 11) is 2.54. The van der Waals surface area contributed by atoms with Gasteiger partial charge in [-0.15, -0.1) is 5.06 Å². The molecule has 9 heteroatoms. The number of hydroxylamine groups is 1. The number of methoxy groups -OCH3 is 1. The maximum atomic E-state index is 11.5. The number of hydrogen-bond acceptors (Lipinski definition) is 7. The van der Waals surface area contributed by atoms with Crippen molar-refractivity contribution in [1.82, 2.24) is 9.97 Å². The Morgan fingerprint density at radius 3 is 2.63 bits per heavy atom. The number of aryl methyl sites for hydroxylation is 1. The smallest absolute Gasteiger partial charge is 0.438 e. The topological polar surface area (TPSA) is 86.1 Å². The second-order valence-corrected chi connectivity index (χ2v) is 2.97. The fraction of sp³-hybridized carbons (Fsp3) is 0.400. The minimum absolute atomic E-state index is 0. The molecule has 0 N–H and O–H groups in total. The zero-order valence-electron chi connectivity index (χ0n) is 11.1. The summed E-state index contributed by atoms with van der Waals surface area (Å²) in [6.07, 6.45) is 2.98. The van der Waals surface area contributed by atoms with Gasteiger partial charge in [0, 0.05) is 32.7 Å². The normalized spacial score (nSPS) is 9.89. The zero-order valence-corrected chi connectivity index (χ0v) is 13.9. The third-order valence-electron chi connectivity index (χ3n) is 1.92. The number of amides is 1. The van der Waals surface area contributed by atoms with Crippen molar-refractivity contribution < 1.29 is 51.9 Å². The van der Waals surface area contributed by atoms with Crippen molar-refractivity contribution in [2.45, 2.75) is 13.8 Å². The SMILES string of the molecule is C[C-]=NOc1ncnc(C)c1N(OC)C(=O)OC.[Y]. The van der Waals surface area contributed by atoms with Crippen LogP contribution in [0.25, 0.3) is 0 Å². The monoisotopic (exact) mass is 342 g/mol. The van der Waals surface area contributed by atoms with E-state index in [0.717, 1.165) is 5.06 Å². The fourth-order valence-corrected chi connectivity index (χ4v) is 1.17. The van der Waals surface area contributed by atoms with Gasteiger partial charge in [-0.2, -0.15) is 11.9 Å². The second-order valence-electron chi connectivity index (χ2n) is 2.97. The van der Waals surface area contributed by atoms with Crippen molar-refractivity contribution in [3.8, 4) is 5.88 Å². The number of aromatic nitrogens is 2. The molecule has 0 spiro atoms. The molecular formula is C10H13N4O4Y-. The van der Waals surface area contributed by atoms with Gasteiger partial charge in [0.25, 0.3) is 5.88 Å². The third kappa shape index (κ3) is 4.48. The largest absolute Gasteiger partial charge is 0.451 e. The van der Waals surface area contributed by atoms with Crippen LogP contribution in [0.5, 0.6) is 5.88 Å². The van der Waals surface area contributed by atoms with Crippen molar-refractivity contribution >= 4 is 18.0 Å². The molecule has 0 bridgehead atoms. The Bertz CT molecular complexity index is 455. The van der Waals surface area contributed by atoms with Gasteiger partial charge in [0.1, 0.15) is 6.33 Å². The summed E-state index contributed by atoms with van der Waals surface area (Å²) in [6.45, 7) is 3.22. The Hall–Kier alpha value is -1.12. The summed E-state index contributed by atoms with van der Waals surface area (Å²) in [6, 6.07) is 0. The van der Waals surface area contributed by atoms with Crippen molar-refractivity contribution in [2.24, 2.45) is 5.16 Å². The predicted molar refractivity (Wildman–Crippen MR) is 62.4 cm³/mol. The molecule has 101 valence electrons. The van der Waals surface area contributed by atoms with Crippen LogP contribution >= 0.6 is 0 Å². The second kappa shape index (κ2) is 8.89. The van der Waals surface area contributed by atoms with Crippen LogP contribution in [0.15, 0.2) is 11.5 Å². The van der Waals surface area contributed by atoms with Crippen LogP contribution < -0.4 is 9.90 Å². The van der Waals surface area contributed by atoms with Crippen LogP contribution in [0.3, 0.4) is 0 Å². The minimum Gasteiger partial charge on any atom is -0.451 e. The van der Waals surface area contributed by atoms with Gasteiger partial charge in [-0.1, -0.05) is 0 Å². The van der Waals surface area contributed by atoms with E-state index in [9.17, 15) is 4.79 Å². The van der Waals surface area contributed by atoms with Crippen molar-refractivity contribution in [3.05, 3.63) is 12.0 Å². The first-order valence-corrected chi connectivity index (χ1v) is 4.93. The molecule has 1 rings (SSSR count). The quantitative estimate of drug-likeness (QED) is 0.464. The molecule has 0 saturated heterocycles. The number of anilines is 1. The van der Waals surface area contributed by atoms with E-state index in [4.69, 9.17) is 9.68 Å². The third-order valence-corrected chi connectivity index (χ3v) is 1.92. The molecule has 1 heterocycles. The van der Waals surface area contributed by atoms with E-state index in [2.05, 4.69) is 26.1 Å². The molecular weight excluding hydrogens is 329 g/mol. The Morgan fingerprint density at radius 1 is 1.42 bits per heavy atom. The summed E-state index contributed by atoms with van der Waals surface area (Å²) in [5, 5.41) is 4.34. The first kappa shape index (κ1) is 17.9.